The third kappa shape index (κ3) is 2.04. The number of rotatable bonds is 2. The second-order valence-corrected chi connectivity index (χ2v) is 5.23. The first-order valence-electron chi connectivity index (χ1n) is 6.09. The minimum atomic E-state index is 0.0943. The molecule has 0 spiro atoms. The molecule has 2 aromatic heterocycles. The summed E-state index contributed by atoms with van der Waals surface area (Å²) in [5.74, 6) is 0.0943. The Morgan fingerprint density at radius 3 is 3.11 bits per heavy atom. The lowest BCUT2D eigenvalue weighted by Crippen LogP contribution is -2.30. The maximum Gasteiger partial charge on any atom is 0.255 e. The van der Waals surface area contributed by atoms with E-state index in [1.807, 2.05) is 17.0 Å². The largest absolute Gasteiger partial charge is 0.332 e. The van der Waals surface area contributed by atoms with Crippen molar-refractivity contribution in [1.82, 2.24) is 9.88 Å². The molecule has 92 valence electrons. The van der Waals surface area contributed by atoms with Gasteiger partial charge in [0.2, 0.25) is 0 Å². The SMILES string of the molecule is O=C(c1cccnc1)N1CCC[C@@H]1c1ccsc1. The maximum atomic E-state index is 12.4. The van der Waals surface area contributed by atoms with Crippen LogP contribution in [0.3, 0.4) is 0 Å². The van der Waals surface area contributed by atoms with Crippen LogP contribution in [0, 0.1) is 0 Å². The highest BCUT2D eigenvalue weighted by atomic mass is 32.1. The predicted molar refractivity (Wildman–Crippen MR) is 71.6 cm³/mol. The molecule has 1 aliphatic rings. The van der Waals surface area contributed by atoms with Gasteiger partial charge < -0.3 is 4.90 Å². The quantitative estimate of drug-likeness (QED) is 0.829. The number of carbonyl (C=O) groups excluding carboxylic acids is 1. The van der Waals surface area contributed by atoms with Crippen molar-refractivity contribution in [2.75, 3.05) is 6.54 Å². The summed E-state index contributed by atoms with van der Waals surface area (Å²) in [7, 11) is 0. The van der Waals surface area contributed by atoms with Gasteiger partial charge in [0.1, 0.15) is 0 Å². The third-order valence-electron chi connectivity index (χ3n) is 3.35. The van der Waals surface area contributed by atoms with Gasteiger partial charge in [0.05, 0.1) is 11.6 Å². The number of carbonyl (C=O) groups is 1. The highest BCUT2D eigenvalue weighted by Gasteiger charge is 2.30. The molecule has 3 rings (SSSR count). The fourth-order valence-electron chi connectivity index (χ4n) is 2.48. The minimum absolute atomic E-state index is 0.0943. The van der Waals surface area contributed by atoms with Gasteiger partial charge in [0.15, 0.2) is 0 Å². The lowest BCUT2D eigenvalue weighted by molar-refractivity contribution is 0.0735. The molecule has 3 heterocycles. The van der Waals surface area contributed by atoms with Crippen LogP contribution in [0.2, 0.25) is 0 Å². The van der Waals surface area contributed by atoms with Crippen LogP contribution < -0.4 is 0 Å². The maximum absolute atomic E-state index is 12.4. The smallest absolute Gasteiger partial charge is 0.255 e. The van der Waals surface area contributed by atoms with Gasteiger partial charge >= 0.3 is 0 Å². The Labute approximate surface area is 110 Å². The standard InChI is InChI=1S/C14H14N2OS/c17-14(11-3-1-6-15-9-11)16-7-2-4-13(16)12-5-8-18-10-12/h1,3,5-6,8-10,13H,2,4,7H2/t13-/m1/s1. The molecular formula is C14H14N2OS. The Kier molecular flexibility index (Phi) is 3.11. The Morgan fingerprint density at radius 2 is 2.39 bits per heavy atom. The van der Waals surface area contributed by atoms with E-state index in [9.17, 15) is 4.79 Å². The number of nitrogens with zero attached hydrogens (tertiary/aromatic N) is 2. The molecule has 1 fully saturated rings. The van der Waals surface area contributed by atoms with Gasteiger partial charge in [0.25, 0.3) is 5.91 Å². The van der Waals surface area contributed by atoms with Crippen LogP contribution in [-0.4, -0.2) is 22.3 Å². The molecule has 0 unspecified atom stereocenters. The third-order valence-corrected chi connectivity index (χ3v) is 4.05. The summed E-state index contributed by atoms with van der Waals surface area (Å²) in [6, 6.07) is 6.00. The summed E-state index contributed by atoms with van der Waals surface area (Å²) in [6.45, 7) is 0.842. The lowest BCUT2D eigenvalue weighted by atomic mass is 10.1. The number of likely N-dealkylation sites (tertiary alicyclic amines) is 1. The second kappa shape index (κ2) is 4.90. The predicted octanol–water partition coefficient (Wildman–Crippen LogP) is 3.12. The zero-order valence-corrected chi connectivity index (χ0v) is 10.8. The van der Waals surface area contributed by atoms with Crippen LogP contribution in [0.4, 0.5) is 0 Å². The summed E-state index contributed by atoms with van der Waals surface area (Å²) in [6.07, 6.45) is 5.47. The lowest BCUT2D eigenvalue weighted by Gasteiger charge is -2.24. The molecular weight excluding hydrogens is 244 g/mol. The summed E-state index contributed by atoms with van der Waals surface area (Å²) in [4.78, 5) is 18.4. The second-order valence-electron chi connectivity index (χ2n) is 4.45. The monoisotopic (exact) mass is 258 g/mol. The van der Waals surface area contributed by atoms with E-state index in [4.69, 9.17) is 0 Å². The van der Waals surface area contributed by atoms with Crippen LogP contribution >= 0.6 is 11.3 Å². The molecule has 1 amide bonds. The van der Waals surface area contributed by atoms with Gasteiger partial charge in [-0.15, -0.1) is 0 Å². The molecule has 0 aliphatic carbocycles. The number of pyridine rings is 1. The summed E-state index contributed by atoms with van der Waals surface area (Å²) < 4.78 is 0. The topological polar surface area (TPSA) is 33.2 Å². The number of thiophene rings is 1. The van der Waals surface area contributed by atoms with Crippen molar-refractivity contribution in [3.8, 4) is 0 Å². The fraction of sp³-hybridized carbons (Fsp3) is 0.286. The zero-order chi connectivity index (χ0) is 12.4. The van der Waals surface area contributed by atoms with Crippen LogP contribution in [0.5, 0.6) is 0 Å². The van der Waals surface area contributed by atoms with Gasteiger partial charge in [0, 0.05) is 18.9 Å². The van der Waals surface area contributed by atoms with E-state index >= 15 is 0 Å². The minimum Gasteiger partial charge on any atom is -0.332 e. The summed E-state index contributed by atoms with van der Waals surface area (Å²) in [5, 5.41) is 4.21. The molecule has 3 nitrogen and oxygen atoms in total. The first-order chi connectivity index (χ1) is 8.86. The Morgan fingerprint density at radius 1 is 1.44 bits per heavy atom. The van der Waals surface area contributed by atoms with Crippen molar-refractivity contribution >= 4 is 17.2 Å². The summed E-state index contributed by atoms with van der Waals surface area (Å²) >= 11 is 1.69. The Balaban J connectivity index is 1.85. The number of aromatic nitrogens is 1. The molecule has 4 heteroatoms. The molecule has 0 radical (unpaired) electrons. The van der Waals surface area contributed by atoms with E-state index in [0.29, 0.717) is 5.56 Å². The molecule has 1 saturated heterocycles. The zero-order valence-electron chi connectivity index (χ0n) is 9.95. The number of amides is 1. The van der Waals surface area contributed by atoms with E-state index in [1.54, 1.807) is 23.7 Å². The van der Waals surface area contributed by atoms with E-state index < -0.39 is 0 Å². The van der Waals surface area contributed by atoms with Crippen molar-refractivity contribution in [3.63, 3.8) is 0 Å². The van der Waals surface area contributed by atoms with Crippen LogP contribution in [0.15, 0.2) is 41.4 Å². The van der Waals surface area contributed by atoms with Crippen molar-refractivity contribution in [3.05, 3.63) is 52.5 Å². The van der Waals surface area contributed by atoms with Gasteiger partial charge in [-0.25, -0.2) is 0 Å². The van der Waals surface area contributed by atoms with Crippen molar-refractivity contribution in [2.45, 2.75) is 18.9 Å². The Hall–Kier alpha value is -1.68. The van der Waals surface area contributed by atoms with Crippen molar-refractivity contribution in [1.29, 1.82) is 0 Å². The molecule has 0 bridgehead atoms. The first-order valence-corrected chi connectivity index (χ1v) is 7.03. The average molecular weight is 258 g/mol. The van der Waals surface area contributed by atoms with Crippen molar-refractivity contribution in [2.24, 2.45) is 0 Å². The Bertz CT molecular complexity index is 524. The molecule has 0 N–H and O–H groups in total. The van der Waals surface area contributed by atoms with Crippen LogP contribution in [-0.2, 0) is 0 Å². The van der Waals surface area contributed by atoms with Gasteiger partial charge in [-0.3, -0.25) is 9.78 Å². The molecule has 1 aliphatic heterocycles. The number of hydrogen-bond acceptors (Lipinski definition) is 3. The van der Waals surface area contributed by atoms with E-state index in [2.05, 4.69) is 21.8 Å². The summed E-state index contributed by atoms with van der Waals surface area (Å²) in [5.41, 5.74) is 1.94. The van der Waals surface area contributed by atoms with Gasteiger partial charge in [-0.2, -0.15) is 11.3 Å². The van der Waals surface area contributed by atoms with E-state index in [1.165, 1.54) is 5.56 Å². The van der Waals surface area contributed by atoms with Crippen LogP contribution in [0.1, 0.15) is 34.8 Å². The number of hydrogen-bond donors (Lipinski definition) is 0. The first kappa shape index (κ1) is 11.4. The van der Waals surface area contributed by atoms with E-state index in [0.717, 1.165) is 19.4 Å². The average Bonchev–Trinajstić information content (AvgIpc) is 3.09. The van der Waals surface area contributed by atoms with Gasteiger partial charge in [-0.05, 0) is 47.4 Å². The van der Waals surface area contributed by atoms with Crippen LogP contribution in [0.25, 0.3) is 0 Å². The highest BCUT2D eigenvalue weighted by Crippen LogP contribution is 2.33. The normalized spacial score (nSPS) is 19.1. The fourth-order valence-corrected chi connectivity index (χ4v) is 3.18. The van der Waals surface area contributed by atoms with Crippen molar-refractivity contribution < 1.29 is 4.79 Å². The van der Waals surface area contributed by atoms with Gasteiger partial charge in [-0.1, -0.05) is 0 Å². The molecule has 0 saturated carbocycles. The molecule has 2 aromatic rings. The molecule has 0 aromatic carbocycles. The highest BCUT2D eigenvalue weighted by molar-refractivity contribution is 7.07. The van der Waals surface area contributed by atoms with E-state index in [-0.39, 0.29) is 11.9 Å². The molecule has 18 heavy (non-hydrogen) atoms. The molecule has 1 atom stereocenters.